The van der Waals surface area contributed by atoms with E-state index < -0.39 is 0 Å². The van der Waals surface area contributed by atoms with E-state index in [1.165, 1.54) is 5.56 Å². The lowest BCUT2D eigenvalue weighted by Crippen LogP contribution is -2.27. The lowest BCUT2D eigenvalue weighted by Gasteiger charge is -2.14. The van der Waals surface area contributed by atoms with E-state index in [9.17, 15) is 4.79 Å². The van der Waals surface area contributed by atoms with Gasteiger partial charge in [-0.15, -0.1) is 0 Å². The van der Waals surface area contributed by atoms with E-state index in [1.807, 2.05) is 18.2 Å². The molecule has 3 nitrogen and oxygen atoms in total. The molecular weight excluding hydrogens is 212 g/mol. The number of hydrogen-bond acceptors (Lipinski definition) is 2. The molecule has 0 bridgehead atoms. The third kappa shape index (κ3) is 2.86. The van der Waals surface area contributed by atoms with E-state index in [0.29, 0.717) is 5.92 Å². The number of amides is 1. The average molecular weight is 232 g/mol. The third-order valence-electron chi connectivity index (χ3n) is 3.46. The normalized spacial score (nSPS) is 23.6. The van der Waals surface area contributed by atoms with Gasteiger partial charge in [0.05, 0.1) is 5.92 Å². The highest BCUT2D eigenvalue weighted by atomic mass is 16.1. The van der Waals surface area contributed by atoms with Crippen molar-refractivity contribution in [1.82, 2.24) is 5.32 Å². The number of carbonyl (C=O) groups is 1. The number of benzene rings is 1. The van der Waals surface area contributed by atoms with Gasteiger partial charge in [0, 0.05) is 12.2 Å². The Morgan fingerprint density at radius 1 is 1.47 bits per heavy atom. The van der Waals surface area contributed by atoms with Gasteiger partial charge >= 0.3 is 0 Å². The topological polar surface area (TPSA) is 41.1 Å². The number of carbonyl (C=O) groups excluding carboxylic acids is 1. The number of hydrogen-bond donors (Lipinski definition) is 2. The van der Waals surface area contributed by atoms with Crippen LogP contribution < -0.4 is 10.6 Å². The Hall–Kier alpha value is -1.35. The van der Waals surface area contributed by atoms with Crippen LogP contribution in [-0.4, -0.2) is 19.0 Å². The molecule has 0 spiro atoms. The molecule has 1 amide bonds. The van der Waals surface area contributed by atoms with Crippen molar-refractivity contribution in [3.05, 3.63) is 29.8 Å². The summed E-state index contributed by atoms with van der Waals surface area (Å²) in [6.07, 6.45) is 0.991. The van der Waals surface area contributed by atoms with E-state index >= 15 is 0 Å². The molecular formula is C14H20N2O. The van der Waals surface area contributed by atoms with E-state index in [2.05, 4.69) is 30.5 Å². The second kappa shape index (κ2) is 5.32. The minimum Gasteiger partial charge on any atom is -0.326 e. The fourth-order valence-electron chi connectivity index (χ4n) is 2.27. The van der Waals surface area contributed by atoms with Gasteiger partial charge in [-0.1, -0.05) is 26.0 Å². The molecule has 1 heterocycles. The zero-order valence-electron chi connectivity index (χ0n) is 10.5. The number of rotatable bonds is 3. The Labute approximate surface area is 103 Å². The summed E-state index contributed by atoms with van der Waals surface area (Å²) in [5, 5.41) is 6.26. The highest BCUT2D eigenvalue weighted by molar-refractivity contribution is 5.93. The van der Waals surface area contributed by atoms with Gasteiger partial charge in [-0.3, -0.25) is 4.79 Å². The van der Waals surface area contributed by atoms with Crippen LogP contribution in [-0.2, 0) is 11.2 Å². The molecule has 2 unspecified atom stereocenters. The van der Waals surface area contributed by atoms with Crippen LogP contribution in [0, 0.1) is 11.8 Å². The maximum atomic E-state index is 12.1. The zero-order chi connectivity index (χ0) is 12.3. The van der Waals surface area contributed by atoms with Crippen molar-refractivity contribution in [1.29, 1.82) is 0 Å². The predicted molar refractivity (Wildman–Crippen MR) is 70.0 cm³/mol. The van der Waals surface area contributed by atoms with Gasteiger partial charge in [-0.05, 0) is 36.6 Å². The van der Waals surface area contributed by atoms with Gasteiger partial charge in [0.1, 0.15) is 0 Å². The Balaban J connectivity index is 2.02. The van der Waals surface area contributed by atoms with Crippen LogP contribution in [0.1, 0.15) is 19.4 Å². The van der Waals surface area contributed by atoms with Crippen LogP contribution in [0.25, 0.3) is 0 Å². The average Bonchev–Trinajstić information content (AvgIpc) is 2.76. The number of anilines is 1. The number of aryl methyl sites for hydroxylation is 1. The van der Waals surface area contributed by atoms with E-state index in [4.69, 9.17) is 0 Å². The second-order valence-electron chi connectivity index (χ2n) is 4.79. The minimum atomic E-state index is 0.0975. The van der Waals surface area contributed by atoms with Crippen molar-refractivity contribution < 1.29 is 4.79 Å². The van der Waals surface area contributed by atoms with Crippen LogP contribution >= 0.6 is 0 Å². The molecule has 1 saturated heterocycles. The molecule has 0 saturated carbocycles. The molecule has 2 rings (SSSR count). The number of nitrogens with one attached hydrogen (secondary N) is 2. The van der Waals surface area contributed by atoms with Crippen LogP contribution in [0.4, 0.5) is 5.69 Å². The highest BCUT2D eigenvalue weighted by Crippen LogP contribution is 2.19. The molecule has 1 aromatic rings. The summed E-state index contributed by atoms with van der Waals surface area (Å²) in [5.74, 6) is 0.653. The Kier molecular flexibility index (Phi) is 3.79. The first kappa shape index (κ1) is 12.1. The van der Waals surface area contributed by atoms with Crippen molar-refractivity contribution in [3.63, 3.8) is 0 Å². The molecule has 1 aliphatic rings. The van der Waals surface area contributed by atoms with Gasteiger partial charge in [0.15, 0.2) is 0 Å². The molecule has 2 N–H and O–H groups in total. The summed E-state index contributed by atoms with van der Waals surface area (Å²) in [4.78, 5) is 12.1. The van der Waals surface area contributed by atoms with Crippen molar-refractivity contribution in [3.8, 4) is 0 Å². The van der Waals surface area contributed by atoms with E-state index in [0.717, 1.165) is 25.2 Å². The van der Waals surface area contributed by atoms with Crippen molar-refractivity contribution in [2.75, 3.05) is 18.4 Å². The Bertz CT molecular complexity index is 403. The monoisotopic (exact) mass is 232 g/mol. The molecule has 17 heavy (non-hydrogen) atoms. The largest absolute Gasteiger partial charge is 0.326 e. The van der Waals surface area contributed by atoms with Gasteiger partial charge in [0.25, 0.3) is 0 Å². The zero-order valence-corrected chi connectivity index (χ0v) is 10.5. The van der Waals surface area contributed by atoms with Crippen molar-refractivity contribution in [2.24, 2.45) is 11.8 Å². The summed E-state index contributed by atoms with van der Waals surface area (Å²) < 4.78 is 0. The molecule has 0 aromatic heterocycles. The summed E-state index contributed by atoms with van der Waals surface area (Å²) in [7, 11) is 0. The van der Waals surface area contributed by atoms with Crippen LogP contribution in [0.3, 0.4) is 0 Å². The lowest BCUT2D eigenvalue weighted by molar-refractivity contribution is -0.120. The molecule has 0 aliphatic carbocycles. The van der Waals surface area contributed by atoms with E-state index in [-0.39, 0.29) is 11.8 Å². The molecule has 3 heteroatoms. The molecule has 1 aromatic carbocycles. The summed E-state index contributed by atoms with van der Waals surface area (Å²) in [6, 6.07) is 8.06. The predicted octanol–water partition coefficient (Wildman–Crippen LogP) is 2.04. The Morgan fingerprint density at radius 2 is 2.29 bits per heavy atom. The second-order valence-corrected chi connectivity index (χ2v) is 4.79. The highest BCUT2D eigenvalue weighted by Gasteiger charge is 2.29. The maximum Gasteiger partial charge on any atom is 0.229 e. The Morgan fingerprint density at radius 3 is 2.94 bits per heavy atom. The molecule has 2 atom stereocenters. The summed E-state index contributed by atoms with van der Waals surface area (Å²) in [5.41, 5.74) is 2.16. The minimum absolute atomic E-state index is 0.0975. The summed E-state index contributed by atoms with van der Waals surface area (Å²) >= 11 is 0. The van der Waals surface area contributed by atoms with Gasteiger partial charge in [-0.2, -0.15) is 0 Å². The van der Waals surface area contributed by atoms with Crippen LogP contribution in [0.2, 0.25) is 0 Å². The first-order chi connectivity index (χ1) is 8.20. The van der Waals surface area contributed by atoms with Gasteiger partial charge < -0.3 is 10.6 Å². The SMILES string of the molecule is CCc1cccc(NC(=O)C2CNCC2C)c1. The van der Waals surface area contributed by atoms with Gasteiger partial charge in [0.2, 0.25) is 5.91 Å². The quantitative estimate of drug-likeness (QED) is 0.837. The van der Waals surface area contributed by atoms with Crippen molar-refractivity contribution in [2.45, 2.75) is 20.3 Å². The third-order valence-corrected chi connectivity index (χ3v) is 3.46. The summed E-state index contributed by atoms with van der Waals surface area (Å²) in [6.45, 7) is 5.96. The van der Waals surface area contributed by atoms with Gasteiger partial charge in [-0.25, -0.2) is 0 Å². The molecule has 0 radical (unpaired) electrons. The molecule has 92 valence electrons. The first-order valence-corrected chi connectivity index (χ1v) is 6.31. The van der Waals surface area contributed by atoms with Crippen LogP contribution in [0.5, 0.6) is 0 Å². The fourth-order valence-corrected chi connectivity index (χ4v) is 2.27. The standard InChI is InChI=1S/C14H20N2O/c1-3-11-5-4-6-12(7-11)16-14(17)13-9-15-8-10(13)2/h4-7,10,13,15H,3,8-9H2,1-2H3,(H,16,17). The van der Waals surface area contributed by atoms with Crippen molar-refractivity contribution >= 4 is 11.6 Å². The van der Waals surface area contributed by atoms with E-state index in [1.54, 1.807) is 0 Å². The maximum absolute atomic E-state index is 12.1. The smallest absolute Gasteiger partial charge is 0.229 e. The first-order valence-electron chi connectivity index (χ1n) is 6.31. The fraction of sp³-hybridized carbons (Fsp3) is 0.500. The molecule has 1 aliphatic heterocycles. The molecule has 1 fully saturated rings. The van der Waals surface area contributed by atoms with Crippen LogP contribution in [0.15, 0.2) is 24.3 Å². The lowest BCUT2D eigenvalue weighted by atomic mass is 9.97.